The van der Waals surface area contributed by atoms with Gasteiger partial charge >= 0.3 is 0 Å². The highest BCUT2D eigenvalue weighted by molar-refractivity contribution is 9.09. The Bertz CT molecular complexity index is 282. The highest BCUT2D eigenvalue weighted by atomic mass is 79.9. The largest absolute Gasteiger partial charge is 0.293 e. The Morgan fingerprint density at radius 1 is 1.36 bits per heavy atom. The van der Waals surface area contributed by atoms with E-state index >= 15 is 0 Å². The fraction of sp³-hybridized carbons (Fsp3) is 0.364. The highest BCUT2D eigenvalue weighted by Gasteiger charge is 1.89. The molecule has 0 radical (unpaired) electrons. The standard InChI is InChI=1S/C11H14BrNS/c1-14-11-5-3-10(4-6-11)9-13-8-2-7-12/h3-6,9H,2,7-8H2,1H3. The van der Waals surface area contributed by atoms with Gasteiger partial charge in [-0.2, -0.15) is 0 Å². The highest BCUT2D eigenvalue weighted by Crippen LogP contribution is 2.13. The summed E-state index contributed by atoms with van der Waals surface area (Å²) in [6, 6.07) is 8.44. The Hall–Kier alpha value is -0.280. The van der Waals surface area contributed by atoms with E-state index in [9.17, 15) is 0 Å². The van der Waals surface area contributed by atoms with Crippen molar-refractivity contribution in [3.63, 3.8) is 0 Å². The second-order valence-electron chi connectivity index (χ2n) is 2.85. The first-order valence-corrected chi connectivity index (χ1v) is 6.91. The quantitative estimate of drug-likeness (QED) is 0.345. The van der Waals surface area contributed by atoms with Gasteiger partial charge in [-0.15, -0.1) is 11.8 Å². The molecule has 0 aliphatic carbocycles. The van der Waals surface area contributed by atoms with Crippen LogP contribution in [0.1, 0.15) is 12.0 Å². The number of nitrogens with zero attached hydrogens (tertiary/aromatic N) is 1. The fourth-order valence-electron chi connectivity index (χ4n) is 1.01. The summed E-state index contributed by atoms with van der Waals surface area (Å²) in [5, 5.41) is 1.02. The Balaban J connectivity index is 2.47. The second kappa shape index (κ2) is 7.07. The van der Waals surface area contributed by atoms with Crippen LogP contribution in [-0.4, -0.2) is 24.3 Å². The van der Waals surface area contributed by atoms with E-state index in [4.69, 9.17) is 0 Å². The summed E-state index contributed by atoms with van der Waals surface area (Å²) in [6.07, 6.45) is 5.12. The molecule has 0 aliphatic rings. The van der Waals surface area contributed by atoms with Crippen molar-refractivity contribution in [3.05, 3.63) is 29.8 Å². The van der Waals surface area contributed by atoms with Gasteiger partial charge in [0.15, 0.2) is 0 Å². The Morgan fingerprint density at radius 3 is 2.64 bits per heavy atom. The van der Waals surface area contributed by atoms with Gasteiger partial charge in [0.25, 0.3) is 0 Å². The van der Waals surface area contributed by atoms with E-state index in [1.807, 2.05) is 6.21 Å². The summed E-state index contributed by atoms with van der Waals surface area (Å²) in [4.78, 5) is 5.62. The van der Waals surface area contributed by atoms with Crippen molar-refractivity contribution in [2.24, 2.45) is 4.99 Å². The van der Waals surface area contributed by atoms with Gasteiger partial charge in [-0.1, -0.05) is 28.1 Å². The molecule has 0 fully saturated rings. The smallest absolute Gasteiger partial charge is 0.0397 e. The van der Waals surface area contributed by atoms with E-state index in [2.05, 4.69) is 51.4 Å². The van der Waals surface area contributed by atoms with Crippen molar-refractivity contribution in [1.82, 2.24) is 0 Å². The first-order valence-electron chi connectivity index (χ1n) is 4.56. The second-order valence-corrected chi connectivity index (χ2v) is 4.52. The maximum Gasteiger partial charge on any atom is 0.0397 e. The minimum Gasteiger partial charge on any atom is -0.293 e. The number of aliphatic imine (C=N–C) groups is 1. The third-order valence-corrected chi connectivity index (χ3v) is 3.08. The summed E-state index contributed by atoms with van der Waals surface area (Å²) in [7, 11) is 0. The van der Waals surface area contributed by atoms with Crippen molar-refractivity contribution in [2.45, 2.75) is 11.3 Å². The van der Waals surface area contributed by atoms with E-state index in [0.717, 1.165) is 18.3 Å². The molecular formula is C11H14BrNS. The summed E-state index contributed by atoms with van der Waals surface area (Å²) < 4.78 is 0. The maximum absolute atomic E-state index is 4.33. The first-order chi connectivity index (χ1) is 6.86. The van der Waals surface area contributed by atoms with Gasteiger partial charge < -0.3 is 0 Å². The molecule has 1 aromatic carbocycles. The van der Waals surface area contributed by atoms with Crippen LogP contribution < -0.4 is 0 Å². The lowest BCUT2D eigenvalue weighted by Gasteiger charge is -1.96. The molecule has 76 valence electrons. The average molecular weight is 272 g/mol. The molecule has 0 heterocycles. The van der Waals surface area contributed by atoms with Gasteiger partial charge in [-0.25, -0.2) is 0 Å². The Morgan fingerprint density at radius 2 is 2.07 bits per heavy atom. The van der Waals surface area contributed by atoms with Crippen molar-refractivity contribution in [2.75, 3.05) is 18.1 Å². The topological polar surface area (TPSA) is 12.4 Å². The number of halogens is 1. The molecule has 0 amide bonds. The van der Waals surface area contributed by atoms with Gasteiger partial charge in [-0.3, -0.25) is 4.99 Å². The Labute approximate surface area is 98.1 Å². The van der Waals surface area contributed by atoms with Crippen molar-refractivity contribution >= 4 is 33.9 Å². The van der Waals surface area contributed by atoms with Crippen molar-refractivity contribution < 1.29 is 0 Å². The summed E-state index contributed by atoms with van der Waals surface area (Å²) >= 11 is 5.14. The molecule has 1 rings (SSSR count). The number of hydrogen-bond donors (Lipinski definition) is 0. The normalized spacial score (nSPS) is 11.0. The molecule has 0 saturated carbocycles. The van der Waals surface area contributed by atoms with Crippen molar-refractivity contribution in [3.8, 4) is 0 Å². The lowest BCUT2D eigenvalue weighted by Crippen LogP contribution is -1.85. The van der Waals surface area contributed by atoms with Crippen LogP contribution >= 0.6 is 27.7 Å². The molecule has 1 nitrogen and oxygen atoms in total. The number of benzene rings is 1. The molecule has 3 heteroatoms. The Kier molecular flexibility index (Phi) is 5.96. The molecule has 1 aromatic rings. The zero-order chi connectivity index (χ0) is 10.2. The van der Waals surface area contributed by atoms with E-state index < -0.39 is 0 Å². The lowest BCUT2D eigenvalue weighted by atomic mass is 10.2. The molecule has 14 heavy (non-hydrogen) atoms. The molecule has 0 bridgehead atoms. The minimum atomic E-state index is 0.898. The van der Waals surface area contributed by atoms with Gasteiger partial charge in [-0.05, 0) is 30.4 Å². The third-order valence-electron chi connectivity index (χ3n) is 1.78. The zero-order valence-electron chi connectivity index (χ0n) is 8.24. The van der Waals surface area contributed by atoms with Crippen LogP contribution in [0.4, 0.5) is 0 Å². The number of rotatable bonds is 5. The van der Waals surface area contributed by atoms with Crippen molar-refractivity contribution in [1.29, 1.82) is 0 Å². The van der Waals surface area contributed by atoms with Gasteiger partial charge in [0.05, 0.1) is 0 Å². The molecule has 0 unspecified atom stereocenters. The SMILES string of the molecule is CSc1ccc(C=NCCCBr)cc1. The molecule has 0 aromatic heterocycles. The molecule has 0 aliphatic heterocycles. The van der Waals surface area contributed by atoms with E-state index in [1.54, 1.807) is 11.8 Å². The summed E-state index contributed by atoms with van der Waals surface area (Å²) in [5.41, 5.74) is 1.18. The van der Waals surface area contributed by atoms with E-state index in [0.29, 0.717) is 0 Å². The molecule has 0 atom stereocenters. The summed E-state index contributed by atoms with van der Waals surface area (Å²) in [5.74, 6) is 0. The number of hydrogen-bond acceptors (Lipinski definition) is 2. The predicted molar refractivity (Wildman–Crippen MR) is 69.1 cm³/mol. The third kappa shape index (κ3) is 4.29. The monoisotopic (exact) mass is 271 g/mol. The van der Waals surface area contributed by atoms with Crippen LogP contribution in [0.2, 0.25) is 0 Å². The zero-order valence-corrected chi connectivity index (χ0v) is 10.6. The van der Waals surface area contributed by atoms with Crippen LogP contribution in [0.5, 0.6) is 0 Å². The lowest BCUT2D eigenvalue weighted by molar-refractivity contribution is 0.954. The van der Waals surface area contributed by atoms with E-state index in [1.165, 1.54) is 10.5 Å². The maximum atomic E-state index is 4.33. The average Bonchev–Trinajstić information content (AvgIpc) is 2.25. The van der Waals surface area contributed by atoms with Gasteiger partial charge in [0.2, 0.25) is 0 Å². The number of alkyl halides is 1. The van der Waals surface area contributed by atoms with Crippen LogP contribution in [0.25, 0.3) is 0 Å². The predicted octanol–water partition coefficient (Wildman–Crippen LogP) is 3.61. The fourth-order valence-corrected chi connectivity index (χ4v) is 1.67. The van der Waals surface area contributed by atoms with Crippen LogP contribution in [0, 0.1) is 0 Å². The minimum absolute atomic E-state index is 0.898. The molecule has 0 N–H and O–H groups in total. The van der Waals surface area contributed by atoms with E-state index in [-0.39, 0.29) is 0 Å². The first kappa shape index (κ1) is 11.8. The summed E-state index contributed by atoms with van der Waals surface area (Å²) in [6.45, 7) is 0.898. The number of thioether (sulfide) groups is 1. The molecule has 0 saturated heterocycles. The molecule has 0 spiro atoms. The van der Waals surface area contributed by atoms with Crippen LogP contribution in [0.15, 0.2) is 34.2 Å². The molecular weight excluding hydrogens is 258 g/mol. The van der Waals surface area contributed by atoms with Crippen LogP contribution in [-0.2, 0) is 0 Å². The van der Waals surface area contributed by atoms with Gasteiger partial charge in [0.1, 0.15) is 0 Å². The van der Waals surface area contributed by atoms with Crippen LogP contribution in [0.3, 0.4) is 0 Å². The van der Waals surface area contributed by atoms with Gasteiger partial charge in [0, 0.05) is 23.0 Å².